The van der Waals surface area contributed by atoms with E-state index in [-0.39, 0.29) is 5.54 Å². The third kappa shape index (κ3) is 5.75. The summed E-state index contributed by atoms with van der Waals surface area (Å²) < 4.78 is 0. The van der Waals surface area contributed by atoms with Gasteiger partial charge in [0.2, 0.25) is 0 Å². The van der Waals surface area contributed by atoms with Crippen LogP contribution in [0.3, 0.4) is 0 Å². The minimum absolute atomic E-state index is 0.202. The van der Waals surface area contributed by atoms with Crippen LogP contribution in [0.1, 0.15) is 72.6 Å². The monoisotopic (exact) mass is 307 g/mol. The highest BCUT2D eigenvalue weighted by molar-refractivity contribution is 6.79. The van der Waals surface area contributed by atoms with Gasteiger partial charge in [-0.1, -0.05) is 82.8 Å². The van der Waals surface area contributed by atoms with Gasteiger partial charge in [-0.15, -0.1) is 0 Å². The predicted molar refractivity (Wildman–Crippen MR) is 99.3 cm³/mol. The molecule has 1 N–H and O–H groups in total. The summed E-state index contributed by atoms with van der Waals surface area (Å²) in [6, 6.07) is 0. The van der Waals surface area contributed by atoms with E-state index in [1.54, 1.807) is 0 Å². The van der Waals surface area contributed by atoms with Gasteiger partial charge in [-0.05, 0) is 27.2 Å². The van der Waals surface area contributed by atoms with Crippen LogP contribution >= 0.6 is 0 Å². The zero-order valence-corrected chi connectivity index (χ0v) is 16.3. The zero-order valence-electron chi connectivity index (χ0n) is 15.3. The van der Waals surface area contributed by atoms with E-state index in [1.165, 1.54) is 44.9 Å². The third-order valence-corrected chi connectivity index (χ3v) is 8.98. The van der Waals surface area contributed by atoms with Crippen molar-refractivity contribution in [1.29, 1.82) is 0 Å². The molecule has 122 valence electrons. The molecule has 0 aliphatic heterocycles. The quantitative estimate of drug-likeness (QED) is 0.395. The molecule has 0 atom stereocenters. The minimum Gasteiger partial charge on any atom is -0.332 e. The summed E-state index contributed by atoms with van der Waals surface area (Å²) in [7, 11) is -1.55. The number of hydrogen-bond donors (Lipinski definition) is 1. The molecule has 0 saturated heterocycles. The number of nitrogens with one attached hydrogen (secondary N) is 1. The van der Waals surface area contributed by atoms with E-state index in [9.17, 15) is 0 Å². The summed E-state index contributed by atoms with van der Waals surface area (Å²) in [6.07, 6.45) is 19.1. The van der Waals surface area contributed by atoms with Crippen LogP contribution in [-0.4, -0.2) is 13.8 Å². The molecule has 0 aromatic carbocycles. The van der Waals surface area contributed by atoms with E-state index in [0.717, 1.165) is 0 Å². The van der Waals surface area contributed by atoms with E-state index < -0.39 is 8.24 Å². The third-order valence-electron chi connectivity index (χ3n) is 4.69. The van der Waals surface area contributed by atoms with Crippen LogP contribution in [0.15, 0.2) is 24.3 Å². The Morgan fingerprint density at radius 2 is 1.43 bits per heavy atom. The molecule has 2 heteroatoms. The smallest absolute Gasteiger partial charge is 0.133 e. The second-order valence-electron chi connectivity index (χ2n) is 8.28. The number of hydrogen-bond acceptors (Lipinski definition) is 1. The Kier molecular flexibility index (Phi) is 6.93. The maximum absolute atomic E-state index is 3.98. The Balaban J connectivity index is 2.59. The van der Waals surface area contributed by atoms with Crippen molar-refractivity contribution in [1.82, 2.24) is 4.98 Å². The maximum atomic E-state index is 3.98. The summed E-state index contributed by atoms with van der Waals surface area (Å²) in [5.74, 6) is 0. The predicted octanol–water partition coefficient (Wildman–Crippen LogP) is 6.20. The average Bonchev–Trinajstić information content (AvgIpc) is 2.81. The van der Waals surface area contributed by atoms with E-state index >= 15 is 0 Å². The SMILES string of the molecule is CCCCCCCCC1([Si](C)(C)NC(C)(C)C)C=CC=C1. The summed E-state index contributed by atoms with van der Waals surface area (Å²) in [5, 5.41) is 0.311. The highest BCUT2D eigenvalue weighted by Gasteiger charge is 2.45. The highest BCUT2D eigenvalue weighted by Crippen LogP contribution is 2.48. The van der Waals surface area contributed by atoms with E-state index in [0.29, 0.717) is 5.04 Å². The first kappa shape index (κ1) is 18.7. The second-order valence-corrected chi connectivity index (χ2v) is 12.7. The largest absolute Gasteiger partial charge is 0.332 e. The van der Waals surface area contributed by atoms with Crippen molar-refractivity contribution in [2.45, 2.75) is 96.3 Å². The van der Waals surface area contributed by atoms with Crippen molar-refractivity contribution in [2.75, 3.05) is 0 Å². The van der Waals surface area contributed by atoms with Crippen molar-refractivity contribution in [2.24, 2.45) is 0 Å². The van der Waals surface area contributed by atoms with Crippen molar-refractivity contribution in [3.63, 3.8) is 0 Å². The van der Waals surface area contributed by atoms with Gasteiger partial charge in [-0.3, -0.25) is 0 Å². The van der Waals surface area contributed by atoms with Crippen LogP contribution in [0.5, 0.6) is 0 Å². The first-order chi connectivity index (χ1) is 9.72. The van der Waals surface area contributed by atoms with Gasteiger partial charge in [0.05, 0.1) is 0 Å². The van der Waals surface area contributed by atoms with Gasteiger partial charge in [0.1, 0.15) is 8.24 Å². The molecule has 0 radical (unpaired) electrons. The van der Waals surface area contributed by atoms with Gasteiger partial charge in [0.25, 0.3) is 0 Å². The average molecular weight is 308 g/mol. The highest BCUT2D eigenvalue weighted by atomic mass is 28.3. The fraction of sp³-hybridized carbons (Fsp3) is 0.789. The molecule has 0 aromatic rings. The minimum atomic E-state index is -1.55. The second kappa shape index (κ2) is 7.78. The van der Waals surface area contributed by atoms with Crippen LogP contribution in [-0.2, 0) is 0 Å². The van der Waals surface area contributed by atoms with Gasteiger partial charge >= 0.3 is 0 Å². The number of rotatable bonds is 9. The lowest BCUT2D eigenvalue weighted by atomic mass is 10.0. The van der Waals surface area contributed by atoms with Crippen LogP contribution in [0, 0.1) is 0 Å². The van der Waals surface area contributed by atoms with Crippen LogP contribution < -0.4 is 4.98 Å². The van der Waals surface area contributed by atoms with Gasteiger partial charge < -0.3 is 4.98 Å². The molecule has 1 nitrogen and oxygen atoms in total. The van der Waals surface area contributed by atoms with Gasteiger partial charge in [-0.25, -0.2) is 0 Å². The molecule has 1 aliphatic rings. The van der Waals surface area contributed by atoms with Crippen LogP contribution in [0.4, 0.5) is 0 Å². The van der Waals surface area contributed by atoms with Gasteiger partial charge in [0.15, 0.2) is 0 Å². The van der Waals surface area contributed by atoms with Crippen molar-refractivity contribution >= 4 is 8.24 Å². The van der Waals surface area contributed by atoms with Crippen molar-refractivity contribution in [3.05, 3.63) is 24.3 Å². The molecule has 0 bridgehead atoms. The molecule has 0 unspecified atom stereocenters. The molecule has 0 fully saturated rings. The molecule has 0 heterocycles. The number of allylic oxidation sites excluding steroid dienone is 4. The fourth-order valence-electron chi connectivity index (χ4n) is 3.66. The first-order valence-corrected chi connectivity index (χ1v) is 11.9. The van der Waals surface area contributed by atoms with Crippen molar-refractivity contribution < 1.29 is 0 Å². The number of unbranched alkanes of at least 4 members (excludes halogenated alkanes) is 5. The Morgan fingerprint density at radius 3 is 1.95 bits per heavy atom. The molecular weight excluding hydrogens is 270 g/mol. The molecular formula is C19H37NSi. The zero-order chi connectivity index (χ0) is 16.0. The van der Waals surface area contributed by atoms with Crippen LogP contribution in [0.2, 0.25) is 18.1 Å². The Hall–Kier alpha value is -0.343. The molecule has 0 amide bonds. The molecule has 0 spiro atoms. The normalized spacial score (nSPS) is 17.6. The lowest BCUT2D eigenvalue weighted by molar-refractivity contribution is 0.491. The Labute approximate surface area is 134 Å². The van der Waals surface area contributed by atoms with Crippen molar-refractivity contribution in [3.8, 4) is 0 Å². The molecule has 1 rings (SSSR count). The maximum Gasteiger partial charge on any atom is 0.133 e. The molecule has 21 heavy (non-hydrogen) atoms. The van der Waals surface area contributed by atoms with Crippen LogP contribution in [0.25, 0.3) is 0 Å². The van der Waals surface area contributed by atoms with Gasteiger partial charge in [0, 0.05) is 10.6 Å². The molecule has 1 aliphatic carbocycles. The van der Waals surface area contributed by atoms with E-state index in [4.69, 9.17) is 0 Å². The topological polar surface area (TPSA) is 12.0 Å². The first-order valence-electron chi connectivity index (χ1n) is 8.89. The summed E-state index contributed by atoms with van der Waals surface area (Å²) >= 11 is 0. The lowest BCUT2D eigenvalue weighted by Gasteiger charge is -2.45. The molecule has 0 saturated carbocycles. The summed E-state index contributed by atoms with van der Waals surface area (Å²) in [4.78, 5) is 3.98. The Morgan fingerprint density at radius 1 is 0.905 bits per heavy atom. The van der Waals surface area contributed by atoms with E-state index in [1.807, 2.05) is 0 Å². The van der Waals surface area contributed by atoms with Gasteiger partial charge in [-0.2, -0.15) is 0 Å². The summed E-state index contributed by atoms with van der Waals surface area (Å²) in [5.41, 5.74) is 0.202. The fourth-order valence-corrected chi connectivity index (χ4v) is 7.59. The summed E-state index contributed by atoms with van der Waals surface area (Å²) in [6.45, 7) is 14.2. The van der Waals surface area contributed by atoms with E-state index in [2.05, 4.69) is 70.1 Å². The molecule has 0 aromatic heterocycles. The Bertz CT molecular complexity index is 348. The lowest BCUT2D eigenvalue weighted by Crippen LogP contribution is -2.60. The standard InChI is InChI=1S/C19H37NSi/c1-7-8-9-10-11-12-15-19(16-13-14-17-19)21(5,6)20-18(2,3)4/h13-14,16-17,20H,7-12,15H2,1-6H3.